The van der Waals surface area contributed by atoms with Crippen molar-refractivity contribution in [3.05, 3.63) is 77.9 Å². The van der Waals surface area contributed by atoms with Crippen molar-refractivity contribution in [3.63, 3.8) is 0 Å². The maximum Gasteiger partial charge on any atom is 0.421 e. The monoisotopic (exact) mass is 485 g/mol. The molecule has 0 bridgehead atoms. The smallest absolute Gasteiger partial charge is 0.421 e. The van der Waals surface area contributed by atoms with Crippen LogP contribution in [0.3, 0.4) is 0 Å². The highest BCUT2D eigenvalue weighted by Gasteiger charge is 2.59. The van der Waals surface area contributed by atoms with Crippen molar-refractivity contribution in [2.24, 2.45) is 0 Å². The molecule has 2 atom stereocenters. The number of esters is 1. The van der Waals surface area contributed by atoms with E-state index < -0.39 is 33.5 Å². The van der Waals surface area contributed by atoms with Crippen LogP contribution in [0.5, 0.6) is 0 Å². The standard InChI is InChI=1S/C24H23NO6S2/c1-3-31-22(26)17-9-7-8-16(14-17)19-12-13-21(32-19)33(29,30)25(23(27)28)20-15-24(20,2)18-10-5-4-6-11-18/h4-14,20H,3,15H2,1-2H3,(H,27,28). The zero-order valence-corrected chi connectivity index (χ0v) is 19.7. The number of hydrogen-bond donors (Lipinski definition) is 1. The quantitative estimate of drug-likeness (QED) is 0.473. The van der Waals surface area contributed by atoms with E-state index in [-0.39, 0.29) is 10.8 Å². The molecule has 0 saturated heterocycles. The van der Waals surface area contributed by atoms with Crippen molar-refractivity contribution in [3.8, 4) is 10.4 Å². The Morgan fingerprint density at radius 2 is 1.85 bits per heavy atom. The van der Waals surface area contributed by atoms with E-state index in [2.05, 4.69) is 0 Å². The first kappa shape index (κ1) is 23.0. The summed E-state index contributed by atoms with van der Waals surface area (Å²) in [6.07, 6.45) is -1.08. The summed E-state index contributed by atoms with van der Waals surface area (Å²) >= 11 is 0.968. The molecule has 4 rings (SSSR count). The summed E-state index contributed by atoms with van der Waals surface area (Å²) in [4.78, 5) is 24.7. The van der Waals surface area contributed by atoms with Crippen LogP contribution in [0.1, 0.15) is 36.2 Å². The second-order valence-electron chi connectivity index (χ2n) is 8.01. The molecule has 0 spiro atoms. The predicted molar refractivity (Wildman–Crippen MR) is 125 cm³/mol. The predicted octanol–water partition coefficient (Wildman–Crippen LogP) is 4.99. The van der Waals surface area contributed by atoms with Crippen molar-refractivity contribution in [1.29, 1.82) is 0 Å². The summed E-state index contributed by atoms with van der Waals surface area (Å²) in [5.41, 5.74) is 1.34. The number of carbonyl (C=O) groups is 2. The van der Waals surface area contributed by atoms with Crippen molar-refractivity contribution in [2.45, 2.75) is 35.9 Å². The highest BCUT2D eigenvalue weighted by Crippen LogP contribution is 2.53. The SMILES string of the molecule is CCOC(=O)c1cccc(-c2ccc(S(=O)(=O)N(C(=O)O)C3CC3(C)c3ccccc3)s2)c1. The number of ether oxygens (including phenoxy) is 1. The molecule has 2 unspecified atom stereocenters. The van der Waals surface area contributed by atoms with Gasteiger partial charge in [-0.05, 0) is 48.7 Å². The maximum atomic E-state index is 13.4. The van der Waals surface area contributed by atoms with Gasteiger partial charge in [0.05, 0.1) is 18.2 Å². The first-order valence-electron chi connectivity index (χ1n) is 10.4. The Kier molecular flexibility index (Phi) is 6.02. The van der Waals surface area contributed by atoms with Gasteiger partial charge in [-0.1, -0.05) is 49.4 Å². The Morgan fingerprint density at radius 3 is 2.52 bits per heavy atom. The number of nitrogens with zero attached hydrogens (tertiary/aromatic N) is 1. The minimum absolute atomic E-state index is 0.0660. The van der Waals surface area contributed by atoms with Crippen LogP contribution in [0.25, 0.3) is 10.4 Å². The molecular formula is C24H23NO6S2. The number of benzene rings is 2. The molecule has 1 fully saturated rings. The van der Waals surface area contributed by atoms with E-state index in [0.29, 0.717) is 26.7 Å². The zero-order valence-electron chi connectivity index (χ0n) is 18.1. The molecule has 33 heavy (non-hydrogen) atoms. The normalized spacial score (nSPS) is 19.6. The Labute approximate surface area is 196 Å². The van der Waals surface area contributed by atoms with Crippen LogP contribution < -0.4 is 0 Å². The molecule has 2 aromatic carbocycles. The average Bonchev–Trinajstić information content (AvgIpc) is 3.22. The highest BCUT2D eigenvalue weighted by atomic mass is 32.2. The Morgan fingerprint density at radius 1 is 1.12 bits per heavy atom. The van der Waals surface area contributed by atoms with Gasteiger partial charge >= 0.3 is 12.1 Å². The van der Waals surface area contributed by atoms with Crippen LogP contribution >= 0.6 is 11.3 Å². The average molecular weight is 486 g/mol. The van der Waals surface area contributed by atoms with Gasteiger partial charge in [0.1, 0.15) is 4.21 Å². The minimum Gasteiger partial charge on any atom is -0.464 e. The van der Waals surface area contributed by atoms with E-state index in [0.717, 1.165) is 16.9 Å². The summed E-state index contributed by atoms with van der Waals surface area (Å²) in [6, 6.07) is 18.4. The molecule has 1 aliphatic rings. The van der Waals surface area contributed by atoms with Crippen molar-refractivity contribution in [1.82, 2.24) is 4.31 Å². The van der Waals surface area contributed by atoms with E-state index in [1.807, 2.05) is 37.3 Å². The third-order valence-corrected chi connectivity index (χ3v) is 9.23. The molecule has 7 nitrogen and oxygen atoms in total. The first-order valence-corrected chi connectivity index (χ1v) is 12.6. The minimum atomic E-state index is -4.28. The van der Waals surface area contributed by atoms with Gasteiger partial charge in [0.15, 0.2) is 0 Å². The topological polar surface area (TPSA) is 101 Å². The van der Waals surface area contributed by atoms with Crippen LogP contribution in [0, 0.1) is 0 Å². The fourth-order valence-electron chi connectivity index (χ4n) is 3.94. The number of hydrogen-bond acceptors (Lipinski definition) is 6. The van der Waals surface area contributed by atoms with Gasteiger partial charge in [0.2, 0.25) is 0 Å². The van der Waals surface area contributed by atoms with Crippen molar-refractivity contribution >= 4 is 33.4 Å². The summed E-state index contributed by atoms with van der Waals surface area (Å²) < 4.78 is 32.3. The van der Waals surface area contributed by atoms with Crippen LogP contribution in [0.4, 0.5) is 4.79 Å². The van der Waals surface area contributed by atoms with Gasteiger partial charge < -0.3 is 9.84 Å². The summed E-state index contributed by atoms with van der Waals surface area (Å²) in [5, 5.41) is 9.83. The van der Waals surface area contributed by atoms with Gasteiger partial charge in [-0.25, -0.2) is 9.59 Å². The molecular weight excluding hydrogens is 462 g/mol. The third kappa shape index (κ3) is 4.26. The van der Waals surface area contributed by atoms with Crippen LogP contribution in [-0.2, 0) is 20.2 Å². The van der Waals surface area contributed by atoms with Gasteiger partial charge in [0.25, 0.3) is 10.0 Å². The fraction of sp³-hybridized carbons (Fsp3) is 0.250. The molecule has 1 aromatic heterocycles. The molecule has 1 aliphatic carbocycles. The van der Waals surface area contributed by atoms with Crippen molar-refractivity contribution < 1.29 is 27.9 Å². The van der Waals surface area contributed by atoms with E-state index in [9.17, 15) is 23.1 Å². The van der Waals surface area contributed by atoms with Gasteiger partial charge in [-0.3, -0.25) is 0 Å². The Hall–Kier alpha value is -3.17. The van der Waals surface area contributed by atoms with Crippen molar-refractivity contribution in [2.75, 3.05) is 6.61 Å². The van der Waals surface area contributed by atoms with Gasteiger partial charge in [0, 0.05) is 10.3 Å². The van der Waals surface area contributed by atoms with E-state index >= 15 is 0 Å². The number of amides is 1. The first-order chi connectivity index (χ1) is 15.7. The lowest BCUT2D eigenvalue weighted by atomic mass is 9.98. The lowest BCUT2D eigenvalue weighted by Gasteiger charge is -2.22. The molecule has 0 radical (unpaired) electrons. The number of carbonyl (C=O) groups excluding carboxylic acids is 1. The van der Waals surface area contributed by atoms with Gasteiger partial charge in [-0.2, -0.15) is 12.7 Å². The second-order valence-corrected chi connectivity index (χ2v) is 11.1. The lowest BCUT2D eigenvalue weighted by Crippen LogP contribution is -2.40. The number of carboxylic acid groups (broad SMARTS) is 1. The summed E-state index contributed by atoms with van der Waals surface area (Å²) in [6.45, 7) is 3.84. The summed E-state index contributed by atoms with van der Waals surface area (Å²) in [7, 11) is -4.28. The molecule has 9 heteroatoms. The van der Waals surface area contributed by atoms with Crippen LogP contribution in [0.2, 0.25) is 0 Å². The summed E-state index contributed by atoms with van der Waals surface area (Å²) in [5.74, 6) is -0.463. The molecule has 172 valence electrons. The highest BCUT2D eigenvalue weighted by molar-refractivity contribution is 7.91. The van der Waals surface area contributed by atoms with Crippen LogP contribution in [-0.4, -0.2) is 42.5 Å². The second kappa shape index (κ2) is 8.64. The maximum absolute atomic E-state index is 13.4. The van der Waals surface area contributed by atoms with Gasteiger partial charge in [-0.15, -0.1) is 11.3 Å². The molecule has 1 heterocycles. The fourth-order valence-corrected chi connectivity index (χ4v) is 6.89. The van der Waals surface area contributed by atoms with E-state index in [1.54, 1.807) is 37.3 Å². The molecule has 0 aliphatic heterocycles. The Balaban J connectivity index is 1.64. The van der Waals surface area contributed by atoms with E-state index in [4.69, 9.17) is 4.74 Å². The Bertz CT molecular complexity index is 1300. The number of sulfonamides is 1. The molecule has 1 saturated carbocycles. The van der Waals surface area contributed by atoms with E-state index in [1.165, 1.54) is 6.07 Å². The number of thiophene rings is 1. The molecule has 1 N–H and O–H groups in total. The molecule has 3 aromatic rings. The zero-order chi connectivity index (χ0) is 23.8. The number of rotatable bonds is 7. The third-order valence-electron chi connectivity index (χ3n) is 5.85. The van der Waals surface area contributed by atoms with Crippen LogP contribution in [0.15, 0.2) is 70.9 Å². The largest absolute Gasteiger partial charge is 0.464 e. The molecule has 1 amide bonds. The lowest BCUT2D eigenvalue weighted by molar-refractivity contribution is 0.0526.